The lowest BCUT2D eigenvalue weighted by atomic mass is 10.1. The van der Waals surface area contributed by atoms with Crippen LogP contribution in [0.1, 0.15) is 10.4 Å². The van der Waals surface area contributed by atoms with Crippen molar-refractivity contribution in [1.82, 2.24) is 0 Å². The van der Waals surface area contributed by atoms with E-state index in [2.05, 4.69) is 0 Å². The first-order chi connectivity index (χ1) is 9.38. The molecule has 20 heavy (non-hydrogen) atoms. The predicted octanol–water partition coefficient (Wildman–Crippen LogP) is 2.19. The van der Waals surface area contributed by atoms with Gasteiger partial charge in [0.2, 0.25) is 0 Å². The SMILES string of the molecule is O=C(CS(=O)(=O)c1cccc(F)c1)c1ccc(O)cc1. The first-order valence-electron chi connectivity index (χ1n) is 5.69. The maximum Gasteiger partial charge on any atom is 0.185 e. The van der Waals surface area contributed by atoms with Crippen molar-refractivity contribution < 1.29 is 22.7 Å². The summed E-state index contributed by atoms with van der Waals surface area (Å²) in [6.45, 7) is 0. The lowest BCUT2D eigenvalue weighted by Crippen LogP contribution is -2.16. The van der Waals surface area contributed by atoms with Gasteiger partial charge >= 0.3 is 0 Å². The van der Waals surface area contributed by atoms with E-state index in [4.69, 9.17) is 5.11 Å². The number of halogens is 1. The Morgan fingerprint density at radius 2 is 1.75 bits per heavy atom. The third-order valence-corrected chi connectivity index (χ3v) is 4.28. The highest BCUT2D eigenvalue weighted by Gasteiger charge is 2.20. The van der Waals surface area contributed by atoms with Crippen molar-refractivity contribution in [2.45, 2.75) is 4.90 Å². The molecule has 0 aromatic heterocycles. The summed E-state index contributed by atoms with van der Waals surface area (Å²) in [7, 11) is -3.89. The van der Waals surface area contributed by atoms with E-state index in [0.717, 1.165) is 12.1 Å². The predicted molar refractivity (Wildman–Crippen MR) is 70.9 cm³/mol. The molecule has 0 aliphatic rings. The first-order valence-corrected chi connectivity index (χ1v) is 7.34. The molecule has 0 saturated carbocycles. The number of rotatable bonds is 4. The van der Waals surface area contributed by atoms with E-state index in [1.807, 2.05) is 0 Å². The van der Waals surface area contributed by atoms with Gasteiger partial charge in [0.05, 0.1) is 4.90 Å². The van der Waals surface area contributed by atoms with Gasteiger partial charge in [-0.1, -0.05) is 6.07 Å². The van der Waals surface area contributed by atoms with Gasteiger partial charge < -0.3 is 5.11 Å². The van der Waals surface area contributed by atoms with E-state index in [9.17, 15) is 17.6 Å². The topological polar surface area (TPSA) is 71.4 Å². The van der Waals surface area contributed by atoms with Gasteiger partial charge in [-0.3, -0.25) is 4.79 Å². The highest BCUT2D eigenvalue weighted by molar-refractivity contribution is 7.92. The molecule has 6 heteroatoms. The molecule has 0 atom stereocenters. The zero-order chi connectivity index (χ0) is 14.8. The number of phenolic OH excluding ortho intramolecular Hbond substituents is 1. The average Bonchev–Trinajstić information content (AvgIpc) is 2.39. The number of hydrogen-bond acceptors (Lipinski definition) is 4. The number of ketones is 1. The van der Waals surface area contributed by atoms with E-state index in [1.165, 1.54) is 36.4 Å². The molecule has 0 aliphatic heterocycles. The molecule has 0 amide bonds. The second-order valence-corrected chi connectivity index (χ2v) is 6.18. The minimum atomic E-state index is -3.89. The summed E-state index contributed by atoms with van der Waals surface area (Å²) in [4.78, 5) is 11.6. The third-order valence-electron chi connectivity index (χ3n) is 2.67. The molecule has 4 nitrogen and oxygen atoms in total. The van der Waals surface area contributed by atoms with Crippen molar-refractivity contribution in [3.8, 4) is 5.75 Å². The molecule has 104 valence electrons. The molecule has 0 unspecified atom stereocenters. The van der Waals surface area contributed by atoms with Crippen LogP contribution in [0.15, 0.2) is 53.4 Å². The Morgan fingerprint density at radius 1 is 1.10 bits per heavy atom. The van der Waals surface area contributed by atoms with Crippen LogP contribution in [0.5, 0.6) is 5.75 Å². The Balaban J connectivity index is 2.24. The fourth-order valence-electron chi connectivity index (χ4n) is 1.65. The van der Waals surface area contributed by atoms with Crippen LogP contribution in [-0.4, -0.2) is 25.1 Å². The molecule has 1 N–H and O–H groups in total. The molecule has 2 aromatic rings. The average molecular weight is 294 g/mol. The van der Waals surface area contributed by atoms with Crippen LogP contribution in [0.25, 0.3) is 0 Å². The smallest absolute Gasteiger partial charge is 0.185 e. The summed E-state index contributed by atoms with van der Waals surface area (Å²) in [5, 5.41) is 9.11. The van der Waals surface area contributed by atoms with Gasteiger partial charge in [-0.2, -0.15) is 0 Å². The Bertz CT molecular complexity index is 736. The van der Waals surface area contributed by atoms with Crippen molar-refractivity contribution in [2.24, 2.45) is 0 Å². The lowest BCUT2D eigenvalue weighted by Gasteiger charge is -2.04. The van der Waals surface area contributed by atoms with Gasteiger partial charge in [-0.15, -0.1) is 0 Å². The van der Waals surface area contributed by atoms with Crippen molar-refractivity contribution in [3.05, 3.63) is 59.9 Å². The van der Waals surface area contributed by atoms with E-state index < -0.39 is 27.2 Å². The normalized spacial score (nSPS) is 11.2. The van der Waals surface area contributed by atoms with Crippen LogP contribution in [0, 0.1) is 5.82 Å². The van der Waals surface area contributed by atoms with Crippen LogP contribution in [0.2, 0.25) is 0 Å². The third kappa shape index (κ3) is 3.21. The molecule has 0 bridgehead atoms. The summed E-state index contributed by atoms with van der Waals surface area (Å²) in [6.07, 6.45) is 0. The van der Waals surface area contributed by atoms with E-state index in [1.54, 1.807) is 0 Å². The van der Waals surface area contributed by atoms with Crippen molar-refractivity contribution in [3.63, 3.8) is 0 Å². The number of aromatic hydroxyl groups is 1. The Hall–Kier alpha value is -2.21. The molecule has 0 spiro atoms. The molecule has 0 radical (unpaired) electrons. The Morgan fingerprint density at radius 3 is 2.35 bits per heavy atom. The number of hydrogen-bond donors (Lipinski definition) is 1. The van der Waals surface area contributed by atoms with Gasteiger partial charge in [0.25, 0.3) is 0 Å². The van der Waals surface area contributed by atoms with Crippen LogP contribution >= 0.6 is 0 Å². The van der Waals surface area contributed by atoms with Gasteiger partial charge in [0, 0.05) is 5.56 Å². The molecule has 2 aromatic carbocycles. The molecule has 0 aliphatic carbocycles. The number of benzene rings is 2. The zero-order valence-electron chi connectivity index (χ0n) is 10.3. The number of carbonyl (C=O) groups excluding carboxylic acids is 1. The number of Topliss-reactive ketones (excluding diaryl/α,β-unsaturated/α-hetero) is 1. The Labute approximate surface area is 115 Å². The Kier molecular flexibility index (Phi) is 3.85. The molecule has 0 fully saturated rings. The van der Waals surface area contributed by atoms with Crippen LogP contribution in [0.3, 0.4) is 0 Å². The minimum Gasteiger partial charge on any atom is -0.508 e. The largest absolute Gasteiger partial charge is 0.508 e. The zero-order valence-corrected chi connectivity index (χ0v) is 11.1. The summed E-state index contributed by atoms with van der Waals surface area (Å²) in [6, 6.07) is 9.76. The molecule has 2 rings (SSSR count). The summed E-state index contributed by atoms with van der Waals surface area (Å²) < 4.78 is 37.0. The summed E-state index contributed by atoms with van der Waals surface area (Å²) in [5.74, 6) is -2.06. The van der Waals surface area contributed by atoms with Crippen molar-refractivity contribution >= 4 is 15.6 Å². The van der Waals surface area contributed by atoms with E-state index >= 15 is 0 Å². The monoisotopic (exact) mass is 294 g/mol. The summed E-state index contributed by atoms with van der Waals surface area (Å²) in [5.41, 5.74) is 0.169. The van der Waals surface area contributed by atoms with E-state index in [0.29, 0.717) is 0 Å². The van der Waals surface area contributed by atoms with Gasteiger partial charge in [-0.05, 0) is 42.5 Å². The van der Waals surface area contributed by atoms with Gasteiger partial charge in [0.1, 0.15) is 17.3 Å². The highest BCUT2D eigenvalue weighted by atomic mass is 32.2. The second-order valence-electron chi connectivity index (χ2n) is 4.19. The van der Waals surface area contributed by atoms with Gasteiger partial charge in [-0.25, -0.2) is 12.8 Å². The fourth-order valence-corrected chi connectivity index (χ4v) is 2.90. The lowest BCUT2D eigenvalue weighted by molar-refractivity contribution is 0.102. The first kappa shape index (κ1) is 14.2. The van der Waals surface area contributed by atoms with Crippen molar-refractivity contribution in [2.75, 3.05) is 5.75 Å². The minimum absolute atomic E-state index is 0.0189. The van der Waals surface area contributed by atoms with Crippen LogP contribution in [0.4, 0.5) is 4.39 Å². The number of phenols is 1. The highest BCUT2D eigenvalue weighted by Crippen LogP contribution is 2.16. The van der Waals surface area contributed by atoms with Crippen molar-refractivity contribution in [1.29, 1.82) is 0 Å². The van der Waals surface area contributed by atoms with Gasteiger partial charge in [0.15, 0.2) is 15.6 Å². The molecule has 0 heterocycles. The quantitative estimate of drug-likeness (QED) is 0.877. The maximum absolute atomic E-state index is 13.0. The summed E-state index contributed by atoms with van der Waals surface area (Å²) >= 11 is 0. The van der Waals surface area contributed by atoms with E-state index in [-0.39, 0.29) is 16.2 Å². The van der Waals surface area contributed by atoms with Crippen LogP contribution < -0.4 is 0 Å². The second kappa shape index (κ2) is 5.42. The molecule has 0 saturated heterocycles. The molecular formula is C14H11FO4S. The van der Waals surface area contributed by atoms with Crippen LogP contribution in [-0.2, 0) is 9.84 Å². The maximum atomic E-state index is 13.0. The number of sulfone groups is 1. The fraction of sp³-hybridized carbons (Fsp3) is 0.0714. The standard InChI is InChI=1S/C14H11FO4S/c15-11-2-1-3-13(8-11)20(18,19)9-14(17)10-4-6-12(16)7-5-10/h1-8,16H,9H2. The number of carbonyl (C=O) groups is 1. The molecular weight excluding hydrogens is 283 g/mol.